The minimum absolute atomic E-state index is 0.0695. The molecular weight excluding hydrogens is 380 g/mol. The Labute approximate surface area is 144 Å². The second-order valence-corrected chi connectivity index (χ2v) is 8.26. The fourth-order valence-corrected chi connectivity index (χ4v) is 3.33. The predicted octanol–water partition coefficient (Wildman–Crippen LogP) is 3.26. The summed E-state index contributed by atoms with van der Waals surface area (Å²) in [6.07, 6.45) is 0. The first-order chi connectivity index (χ1) is 10.7. The van der Waals surface area contributed by atoms with Crippen molar-refractivity contribution in [3.05, 3.63) is 58.1 Å². The molecule has 0 atom stereocenters. The lowest BCUT2D eigenvalue weighted by molar-refractivity contribution is 0.102. The van der Waals surface area contributed by atoms with Gasteiger partial charge in [0, 0.05) is 24.3 Å². The van der Waals surface area contributed by atoms with E-state index in [4.69, 9.17) is 0 Å². The molecule has 23 heavy (non-hydrogen) atoms. The van der Waals surface area contributed by atoms with Crippen LogP contribution in [0, 0.1) is 6.92 Å². The van der Waals surface area contributed by atoms with Crippen LogP contribution < -0.4 is 5.32 Å². The van der Waals surface area contributed by atoms with Gasteiger partial charge in [0.1, 0.15) is 0 Å². The number of carbonyl (C=O) groups is 1. The molecule has 0 unspecified atom stereocenters. The van der Waals surface area contributed by atoms with E-state index in [2.05, 4.69) is 21.2 Å². The molecule has 1 N–H and O–H groups in total. The van der Waals surface area contributed by atoms with Crippen LogP contribution in [0.25, 0.3) is 0 Å². The molecule has 0 aliphatic carbocycles. The first-order valence-electron chi connectivity index (χ1n) is 6.82. The number of nitrogens with one attached hydrogen (secondary N) is 1. The van der Waals surface area contributed by atoms with Crippen molar-refractivity contribution >= 4 is 37.5 Å². The summed E-state index contributed by atoms with van der Waals surface area (Å²) in [5.74, 6) is -0.377. The molecule has 0 radical (unpaired) electrons. The van der Waals surface area contributed by atoms with Gasteiger partial charge < -0.3 is 5.32 Å². The molecule has 2 rings (SSSR count). The van der Waals surface area contributed by atoms with Gasteiger partial charge in [-0.3, -0.25) is 4.79 Å². The SMILES string of the molecule is Cc1cccc(NC(=O)c2cc(S(=O)(=O)N(C)C)ccc2Br)c1. The Kier molecular flexibility index (Phi) is 5.23. The highest BCUT2D eigenvalue weighted by Gasteiger charge is 2.20. The molecule has 2 aromatic carbocycles. The minimum Gasteiger partial charge on any atom is -0.322 e. The maximum Gasteiger partial charge on any atom is 0.256 e. The number of rotatable bonds is 4. The van der Waals surface area contributed by atoms with Crippen LogP contribution in [0.1, 0.15) is 15.9 Å². The molecule has 5 nitrogen and oxygen atoms in total. The highest BCUT2D eigenvalue weighted by Crippen LogP contribution is 2.23. The van der Waals surface area contributed by atoms with Gasteiger partial charge in [-0.2, -0.15) is 0 Å². The summed E-state index contributed by atoms with van der Waals surface area (Å²) in [6.45, 7) is 1.93. The van der Waals surface area contributed by atoms with Crippen molar-refractivity contribution in [3.8, 4) is 0 Å². The third kappa shape index (κ3) is 3.99. The van der Waals surface area contributed by atoms with E-state index in [1.807, 2.05) is 25.1 Å². The van der Waals surface area contributed by atoms with Crippen molar-refractivity contribution in [1.29, 1.82) is 0 Å². The number of nitrogens with zero attached hydrogens (tertiary/aromatic N) is 1. The van der Waals surface area contributed by atoms with E-state index in [0.29, 0.717) is 10.2 Å². The van der Waals surface area contributed by atoms with Crippen LogP contribution in [0.5, 0.6) is 0 Å². The molecule has 0 saturated heterocycles. The molecule has 2 aromatic rings. The third-order valence-electron chi connectivity index (χ3n) is 3.24. The molecule has 0 spiro atoms. The number of hydrogen-bond donors (Lipinski definition) is 1. The lowest BCUT2D eigenvalue weighted by Crippen LogP contribution is -2.23. The number of benzene rings is 2. The Morgan fingerprint density at radius 1 is 1.13 bits per heavy atom. The second-order valence-electron chi connectivity index (χ2n) is 5.25. The zero-order valence-electron chi connectivity index (χ0n) is 13.0. The van der Waals surface area contributed by atoms with Gasteiger partial charge in [-0.25, -0.2) is 12.7 Å². The van der Waals surface area contributed by atoms with Gasteiger partial charge in [-0.15, -0.1) is 0 Å². The quantitative estimate of drug-likeness (QED) is 0.861. The molecule has 122 valence electrons. The lowest BCUT2D eigenvalue weighted by Gasteiger charge is -2.13. The summed E-state index contributed by atoms with van der Waals surface area (Å²) < 4.78 is 26.0. The van der Waals surface area contributed by atoms with E-state index >= 15 is 0 Å². The van der Waals surface area contributed by atoms with Crippen LogP contribution in [-0.2, 0) is 10.0 Å². The van der Waals surface area contributed by atoms with Gasteiger partial charge in [0.15, 0.2) is 0 Å². The van der Waals surface area contributed by atoms with Gasteiger partial charge in [0.25, 0.3) is 5.91 Å². The number of anilines is 1. The van der Waals surface area contributed by atoms with E-state index in [0.717, 1.165) is 9.87 Å². The van der Waals surface area contributed by atoms with Crippen LogP contribution in [0.15, 0.2) is 51.8 Å². The molecule has 0 aliphatic rings. The van der Waals surface area contributed by atoms with Gasteiger partial charge in [0.2, 0.25) is 10.0 Å². The average molecular weight is 397 g/mol. The van der Waals surface area contributed by atoms with Crippen LogP contribution in [-0.4, -0.2) is 32.7 Å². The second kappa shape index (κ2) is 6.82. The third-order valence-corrected chi connectivity index (χ3v) is 5.74. The Morgan fingerprint density at radius 2 is 1.83 bits per heavy atom. The highest BCUT2D eigenvalue weighted by atomic mass is 79.9. The molecule has 0 heterocycles. The minimum atomic E-state index is -3.60. The zero-order chi connectivity index (χ0) is 17.2. The normalized spacial score (nSPS) is 11.5. The van der Waals surface area contributed by atoms with E-state index in [9.17, 15) is 13.2 Å². The smallest absolute Gasteiger partial charge is 0.256 e. The van der Waals surface area contributed by atoms with Crippen LogP contribution in [0.2, 0.25) is 0 Å². The lowest BCUT2D eigenvalue weighted by atomic mass is 10.2. The summed E-state index contributed by atoms with van der Waals surface area (Å²) >= 11 is 3.29. The van der Waals surface area contributed by atoms with Crippen molar-refractivity contribution in [2.24, 2.45) is 0 Å². The zero-order valence-corrected chi connectivity index (χ0v) is 15.4. The van der Waals surface area contributed by atoms with Crippen molar-refractivity contribution in [2.75, 3.05) is 19.4 Å². The van der Waals surface area contributed by atoms with Gasteiger partial charge in [-0.05, 0) is 58.7 Å². The molecule has 0 saturated carbocycles. The average Bonchev–Trinajstić information content (AvgIpc) is 2.47. The molecule has 7 heteroatoms. The fraction of sp³-hybridized carbons (Fsp3) is 0.188. The van der Waals surface area contributed by atoms with Crippen molar-refractivity contribution in [2.45, 2.75) is 11.8 Å². The maximum absolute atomic E-state index is 12.4. The number of hydrogen-bond acceptors (Lipinski definition) is 3. The van der Waals surface area contributed by atoms with E-state index in [1.54, 1.807) is 12.1 Å². The van der Waals surface area contributed by atoms with Crippen LogP contribution in [0.4, 0.5) is 5.69 Å². The number of carbonyl (C=O) groups excluding carboxylic acids is 1. The van der Waals surface area contributed by atoms with Gasteiger partial charge in [0.05, 0.1) is 10.5 Å². The Balaban J connectivity index is 2.37. The molecular formula is C16H17BrN2O3S. The summed E-state index contributed by atoms with van der Waals surface area (Å²) in [5.41, 5.74) is 1.93. The van der Waals surface area contributed by atoms with Crippen LogP contribution >= 0.6 is 15.9 Å². The number of aryl methyl sites for hydroxylation is 1. The van der Waals surface area contributed by atoms with E-state index in [-0.39, 0.29) is 16.4 Å². The van der Waals surface area contributed by atoms with Crippen molar-refractivity contribution in [1.82, 2.24) is 4.31 Å². The fourth-order valence-electron chi connectivity index (χ4n) is 1.97. The van der Waals surface area contributed by atoms with Gasteiger partial charge >= 0.3 is 0 Å². The summed E-state index contributed by atoms with van der Waals surface area (Å²) in [4.78, 5) is 12.5. The van der Waals surface area contributed by atoms with Crippen molar-refractivity contribution < 1.29 is 13.2 Å². The molecule has 0 bridgehead atoms. The first-order valence-corrected chi connectivity index (χ1v) is 9.05. The first kappa shape index (κ1) is 17.7. The molecule has 1 amide bonds. The Hall–Kier alpha value is -1.70. The topological polar surface area (TPSA) is 66.5 Å². The molecule has 0 fully saturated rings. The van der Waals surface area contributed by atoms with Gasteiger partial charge in [-0.1, -0.05) is 12.1 Å². The summed E-state index contributed by atoms with van der Waals surface area (Å²) in [6, 6.07) is 11.8. The summed E-state index contributed by atoms with van der Waals surface area (Å²) in [7, 11) is -0.700. The monoisotopic (exact) mass is 396 g/mol. The predicted molar refractivity (Wildman–Crippen MR) is 94.1 cm³/mol. The Bertz CT molecular complexity index is 848. The molecule has 0 aliphatic heterocycles. The highest BCUT2D eigenvalue weighted by molar-refractivity contribution is 9.10. The summed E-state index contributed by atoms with van der Waals surface area (Å²) in [5, 5.41) is 2.77. The number of amides is 1. The van der Waals surface area contributed by atoms with Crippen molar-refractivity contribution in [3.63, 3.8) is 0 Å². The molecule has 0 aromatic heterocycles. The largest absolute Gasteiger partial charge is 0.322 e. The number of sulfonamides is 1. The van der Waals surface area contributed by atoms with E-state index < -0.39 is 10.0 Å². The van der Waals surface area contributed by atoms with Crippen LogP contribution in [0.3, 0.4) is 0 Å². The van der Waals surface area contributed by atoms with E-state index in [1.165, 1.54) is 26.2 Å². The Morgan fingerprint density at radius 3 is 2.43 bits per heavy atom. The standard InChI is InChI=1S/C16H17BrN2O3S/c1-11-5-4-6-12(9-11)18-16(20)14-10-13(7-8-15(14)17)23(21,22)19(2)3/h4-10H,1-3H3,(H,18,20). The number of halogens is 1. The maximum atomic E-state index is 12.4.